The Labute approximate surface area is 134 Å². The molecule has 0 aromatic carbocycles. The highest BCUT2D eigenvalue weighted by Gasteiger charge is 2.47. The zero-order chi connectivity index (χ0) is 16.6. The summed E-state index contributed by atoms with van der Waals surface area (Å²) in [6.45, 7) is 20.0. The summed E-state index contributed by atoms with van der Waals surface area (Å²) in [5.74, 6) is 1.39. The number of nitrogens with one attached hydrogen (secondary N) is 1. The highest BCUT2D eigenvalue weighted by Crippen LogP contribution is 2.44. The Kier molecular flexibility index (Phi) is 9.20. The third-order valence-corrected chi connectivity index (χ3v) is 4.97. The predicted octanol–water partition coefficient (Wildman–Crippen LogP) is 6.12. The molecule has 1 heterocycles. The van der Waals surface area contributed by atoms with Gasteiger partial charge in [-0.25, -0.2) is 0 Å². The van der Waals surface area contributed by atoms with Gasteiger partial charge >= 0.3 is 0 Å². The number of hydrogen-bond donors (Lipinski definition) is 1. The molecule has 0 spiro atoms. The minimum absolute atomic E-state index is 0.232. The molecule has 1 heteroatoms. The molecule has 0 radical (unpaired) electrons. The molecular weight excluding hydrogens is 254 g/mol. The van der Waals surface area contributed by atoms with Crippen LogP contribution in [0.1, 0.15) is 81.6 Å². The van der Waals surface area contributed by atoms with Crippen LogP contribution in [0, 0.1) is 11.8 Å². The molecule has 0 amide bonds. The third-order valence-electron chi connectivity index (χ3n) is 4.97. The summed E-state index contributed by atoms with van der Waals surface area (Å²) in [6, 6.07) is 0.516. The number of allylic oxidation sites excluding steroid dienone is 2. The van der Waals surface area contributed by atoms with Gasteiger partial charge in [-0.15, -0.1) is 0 Å². The Morgan fingerprint density at radius 1 is 1.10 bits per heavy atom. The van der Waals surface area contributed by atoms with Gasteiger partial charge < -0.3 is 5.32 Å². The van der Waals surface area contributed by atoms with Gasteiger partial charge in [-0.2, -0.15) is 0 Å². The molecule has 3 atom stereocenters. The fourth-order valence-corrected chi connectivity index (χ4v) is 3.88. The van der Waals surface area contributed by atoms with Crippen LogP contribution >= 0.6 is 0 Å². The zero-order valence-electron chi connectivity index (χ0n) is 16.0. The Bertz CT molecular complexity index is 349. The normalized spacial score (nSPS) is 29.1. The first kappa shape index (κ1) is 20.4. The minimum atomic E-state index is 0.232. The second-order valence-electron chi connectivity index (χ2n) is 6.53. The van der Waals surface area contributed by atoms with Crippen LogP contribution in [0.3, 0.4) is 0 Å². The minimum Gasteiger partial charge on any atom is -0.304 e. The topological polar surface area (TPSA) is 12.0 Å². The fraction of sp³-hybridized carbons (Fsp3) is 0.800. The Morgan fingerprint density at radius 3 is 2.05 bits per heavy atom. The van der Waals surface area contributed by atoms with E-state index in [9.17, 15) is 0 Å². The molecule has 3 unspecified atom stereocenters. The van der Waals surface area contributed by atoms with E-state index in [0.29, 0.717) is 12.0 Å². The smallest absolute Gasteiger partial charge is 0.0350 e. The maximum Gasteiger partial charge on any atom is 0.0350 e. The molecule has 1 aliphatic heterocycles. The van der Waals surface area contributed by atoms with E-state index >= 15 is 0 Å². The van der Waals surface area contributed by atoms with E-state index in [2.05, 4.69) is 65.9 Å². The lowest BCUT2D eigenvalue weighted by molar-refractivity contribution is 0.291. The second kappa shape index (κ2) is 9.46. The van der Waals surface area contributed by atoms with Crippen molar-refractivity contribution in [2.75, 3.05) is 0 Å². The van der Waals surface area contributed by atoms with E-state index in [4.69, 9.17) is 0 Å². The van der Waals surface area contributed by atoms with E-state index in [1.165, 1.54) is 24.8 Å². The van der Waals surface area contributed by atoms with E-state index in [1.807, 2.05) is 13.8 Å². The van der Waals surface area contributed by atoms with Crippen LogP contribution in [0.2, 0.25) is 0 Å². The summed E-state index contributed by atoms with van der Waals surface area (Å²) in [5, 5.41) is 3.90. The molecule has 1 nitrogen and oxygen atoms in total. The molecule has 0 saturated carbocycles. The highest BCUT2D eigenvalue weighted by molar-refractivity contribution is 5.26. The first-order valence-corrected chi connectivity index (χ1v) is 8.98. The van der Waals surface area contributed by atoms with Gasteiger partial charge in [0.25, 0.3) is 0 Å². The molecule has 1 rings (SSSR count). The summed E-state index contributed by atoms with van der Waals surface area (Å²) in [7, 11) is 0. The van der Waals surface area contributed by atoms with Crippen molar-refractivity contribution in [1.82, 2.24) is 5.32 Å². The summed E-state index contributed by atoms with van der Waals surface area (Å²) in [4.78, 5) is 0. The van der Waals surface area contributed by atoms with Gasteiger partial charge in [-0.05, 0) is 47.0 Å². The average molecular weight is 294 g/mol. The molecular formula is C20H39N. The van der Waals surface area contributed by atoms with Gasteiger partial charge in [0.2, 0.25) is 0 Å². The number of rotatable bonds is 5. The first-order chi connectivity index (χ1) is 9.92. The molecule has 0 aliphatic carbocycles. The SMILES string of the molecule is CC.CC=C(C)C1NC(C)(C)C(CC)C1/C(=C/C)CCC. The van der Waals surface area contributed by atoms with Crippen molar-refractivity contribution in [2.45, 2.75) is 93.2 Å². The van der Waals surface area contributed by atoms with Gasteiger partial charge in [0.05, 0.1) is 0 Å². The van der Waals surface area contributed by atoms with Crippen molar-refractivity contribution in [3.63, 3.8) is 0 Å². The predicted molar refractivity (Wildman–Crippen MR) is 97.7 cm³/mol. The lowest BCUT2D eigenvalue weighted by Crippen LogP contribution is -2.41. The average Bonchev–Trinajstić information content (AvgIpc) is 2.76. The summed E-state index contributed by atoms with van der Waals surface area (Å²) >= 11 is 0. The van der Waals surface area contributed by atoms with Crippen molar-refractivity contribution in [1.29, 1.82) is 0 Å². The monoisotopic (exact) mass is 293 g/mol. The standard InChI is InChI=1S/C18H33N.C2H6/c1-8-12-14(10-3)16-15(11-4)18(6,7)19-17(16)13(5)9-2;1-2/h9-10,15-17,19H,8,11-12H2,1-7H3;1-2H3/b13-9?,14-10+;. The van der Waals surface area contributed by atoms with Crippen LogP contribution in [0.5, 0.6) is 0 Å². The number of hydrogen-bond acceptors (Lipinski definition) is 1. The Balaban J connectivity index is 0.00000191. The molecule has 1 N–H and O–H groups in total. The molecule has 0 aromatic rings. The van der Waals surface area contributed by atoms with E-state index < -0.39 is 0 Å². The van der Waals surface area contributed by atoms with Crippen LogP contribution in [0.15, 0.2) is 23.3 Å². The van der Waals surface area contributed by atoms with Crippen molar-refractivity contribution >= 4 is 0 Å². The second-order valence-corrected chi connectivity index (χ2v) is 6.53. The lowest BCUT2D eigenvalue weighted by Gasteiger charge is -2.30. The maximum absolute atomic E-state index is 3.90. The summed E-state index contributed by atoms with van der Waals surface area (Å²) < 4.78 is 0. The van der Waals surface area contributed by atoms with Crippen molar-refractivity contribution in [3.05, 3.63) is 23.3 Å². The Hall–Kier alpha value is -0.560. The van der Waals surface area contributed by atoms with E-state index in [1.54, 1.807) is 5.57 Å². The summed E-state index contributed by atoms with van der Waals surface area (Å²) in [5.41, 5.74) is 3.37. The van der Waals surface area contributed by atoms with Crippen molar-refractivity contribution in [2.24, 2.45) is 11.8 Å². The molecule has 1 saturated heterocycles. The quantitative estimate of drug-likeness (QED) is 0.602. The molecule has 0 bridgehead atoms. The third kappa shape index (κ3) is 4.71. The van der Waals surface area contributed by atoms with Gasteiger partial charge in [-0.1, -0.05) is 63.8 Å². The van der Waals surface area contributed by atoms with E-state index in [0.717, 1.165) is 5.92 Å². The fourth-order valence-electron chi connectivity index (χ4n) is 3.88. The van der Waals surface area contributed by atoms with Crippen LogP contribution in [-0.2, 0) is 0 Å². The zero-order valence-corrected chi connectivity index (χ0v) is 16.0. The lowest BCUT2D eigenvalue weighted by atomic mass is 9.73. The largest absolute Gasteiger partial charge is 0.304 e. The van der Waals surface area contributed by atoms with Crippen molar-refractivity contribution in [3.8, 4) is 0 Å². The molecule has 1 fully saturated rings. The molecule has 0 aromatic heterocycles. The molecule has 1 aliphatic rings. The van der Waals surface area contributed by atoms with Crippen LogP contribution in [0.4, 0.5) is 0 Å². The molecule has 124 valence electrons. The van der Waals surface area contributed by atoms with E-state index in [-0.39, 0.29) is 5.54 Å². The van der Waals surface area contributed by atoms with Gasteiger partial charge in [-0.3, -0.25) is 0 Å². The molecule has 21 heavy (non-hydrogen) atoms. The van der Waals surface area contributed by atoms with Gasteiger partial charge in [0, 0.05) is 17.5 Å². The van der Waals surface area contributed by atoms with Crippen molar-refractivity contribution < 1.29 is 0 Å². The van der Waals surface area contributed by atoms with Crippen LogP contribution < -0.4 is 5.32 Å². The Morgan fingerprint density at radius 2 is 1.67 bits per heavy atom. The van der Waals surface area contributed by atoms with Gasteiger partial charge in [0.15, 0.2) is 0 Å². The highest BCUT2D eigenvalue weighted by atomic mass is 15.1. The summed E-state index contributed by atoms with van der Waals surface area (Å²) in [6.07, 6.45) is 8.38. The van der Waals surface area contributed by atoms with Crippen LogP contribution in [0.25, 0.3) is 0 Å². The van der Waals surface area contributed by atoms with Crippen LogP contribution in [-0.4, -0.2) is 11.6 Å². The first-order valence-electron chi connectivity index (χ1n) is 8.98. The maximum atomic E-state index is 3.90. The van der Waals surface area contributed by atoms with Gasteiger partial charge in [0.1, 0.15) is 0 Å².